The number of anilines is 1. The Kier molecular flexibility index (Phi) is 6.79. The monoisotopic (exact) mass is 391 g/mol. The lowest BCUT2D eigenvalue weighted by atomic mass is 10.1. The molecule has 0 radical (unpaired) electrons. The van der Waals surface area contributed by atoms with Gasteiger partial charge < -0.3 is 9.64 Å². The zero-order chi connectivity index (χ0) is 20.6. The molecule has 1 amide bonds. The molecule has 6 heteroatoms. The van der Waals surface area contributed by atoms with Crippen molar-refractivity contribution >= 4 is 11.6 Å². The van der Waals surface area contributed by atoms with Crippen LogP contribution >= 0.6 is 0 Å². The summed E-state index contributed by atoms with van der Waals surface area (Å²) in [6.45, 7) is 2.55. The molecule has 1 aromatic heterocycles. The minimum atomic E-state index is -0.319. The van der Waals surface area contributed by atoms with Gasteiger partial charge in [0.15, 0.2) is 0 Å². The Morgan fingerprint density at radius 1 is 1.03 bits per heavy atom. The van der Waals surface area contributed by atoms with Crippen molar-refractivity contribution < 1.29 is 9.53 Å². The average molecular weight is 391 g/mol. The molecule has 0 atom stereocenters. The molecule has 0 saturated heterocycles. The highest BCUT2D eigenvalue weighted by atomic mass is 16.5. The lowest BCUT2D eigenvalue weighted by Gasteiger charge is -2.23. The number of amides is 1. The Morgan fingerprint density at radius 2 is 1.76 bits per heavy atom. The van der Waals surface area contributed by atoms with Crippen LogP contribution in [0.5, 0.6) is 5.75 Å². The maximum Gasteiger partial charge on any atom is 0.267 e. The SMILES string of the molecule is CCCCN(C(=O)Cn1nc(-c2ccccc2OC)ccc1=O)c1ccccc1. The summed E-state index contributed by atoms with van der Waals surface area (Å²) in [7, 11) is 1.59. The van der Waals surface area contributed by atoms with E-state index in [9.17, 15) is 9.59 Å². The summed E-state index contributed by atoms with van der Waals surface area (Å²) in [5, 5.41) is 4.42. The second kappa shape index (κ2) is 9.68. The minimum absolute atomic E-state index is 0.125. The Bertz CT molecular complexity index is 1020. The molecule has 3 rings (SSSR count). The number of aromatic nitrogens is 2. The summed E-state index contributed by atoms with van der Waals surface area (Å²) in [5.74, 6) is 0.488. The number of carbonyl (C=O) groups excluding carboxylic acids is 1. The molecule has 1 heterocycles. The lowest BCUT2D eigenvalue weighted by Crippen LogP contribution is -2.38. The van der Waals surface area contributed by atoms with Gasteiger partial charge in [0.1, 0.15) is 12.3 Å². The van der Waals surface area contributed by atoms with Crippen LogP contribution < -0.4 is 15.2 Å². The highest BCUT2D eigenvalue weighted by molar-refractivity contribution is 5.93. The van der Waals surface area contributed by atoms with Crippen LogP contribution in [0.25, 0.3) is 11.3 Å². The number of methoxy groups -OCH3 is 1. The third-order valence-electron chi connectivity index (χ3n) is 4.64. The molecule has 3 aromatic rings. The standard InChI is InChI=1S/C23H25N3O3/c1-3-4-16-25(18-10-6-5-7-11-18)23(28)17-26-22(27)15-14-20(24-26)19-12-8-9-13-21(19)29-2/h5-15H,3-4,16-17H2,1-2H3. The molecular weight excluding hydrogens is 366 g/mol. The zero-order valence-corrected chi connectivity index (χ0v) is 16.7. The molecule has 0 aliphatic heterocycles. The summed E-state index contributed by atoms with van der Waals surface area (Å²) in [6.07, 6.45) is 1.85. The molecule has 0 fully saturated rings. The lowest BCUT2D eigenvalue weighted by molar-refractivity contribution is -0.119. The molecule has 29 heavy (non-hydrogen) atoms. The molecule has 0 aliphatic carbocycles. The van der Waals surface area contributed by atoms with E-state index in [1.807, 2.05) is 54.6 Å². The van der Waals surface area contributed by atoms with Crippen molar-refractivity contribution in [2.24, 2.45) is 0 Å². The Hall–Kier alpha value is -3.41. The van der Waals surface area contributed by atoms with Crippen molar-refractivity contribution in [3.05, 3.63) is 77.1 Å². The molecule has 150 valence electrons. The highest BCUT2D eigenvalue weighted by Crippen LogP contribution is 2.27. The molecule has 0 aliphatic rings. The molecule has 0 N–H and O–H groups in total. The van der Waals surface area contributed by atoms with Gasteiger partial charge in [-0.25, -0.2) is 4.68 Å². The van der Waals surface area contributed by atoms with Crippen molar-refractivity contribution in [1.29, 1.82) is 0 Å². The summed E-state index contributed by atoms with van der Waals surface area (Å²) >= 11 is 0. The number of benzene rings is 2. The number of carbonyl (C=O) groups is 1. The van der Waals surface area contributed by atoms with Crippen LogP contribution in [0.4, 0.5) is 5.69 Å². The van der Waals surface area contributed by atoms with Crippen LogP contribution in [-0.4, -0.2) is 29.3 Å². The summed E-state index contributed by atoms with van der Waals surface area (Å²) in [5.41, 5.74) is 1.84. The quantitative estimate of drug-likeness (QED) is 0.587. The number of hydrogen-bond donors (Lipinski definition) is 0. The van der Waals surface area contributed by atoms with E-state index < -0.39 is 0 Å². The highest BCUT2D eigenvalue weighted by Gasteiger charge is 2.17. The molecule has 2 aromatic carbocycles. The number of ether oxygens (including phenoxy) is 1. The number of rotatable bonds is 8. The second-order valence-electron chi connectivity index (χ2n) is 6.65. The van der Waals surface area contributed by atoms with Crippen LogP contribution in [0.3, 0.4) is 0 Å². The van der Waals surface area contributed by atoms with E-state index in [-0.39, 0.29) is 18.0 Å². The number of para-hydroxylation sites is 2. The van der Waals surface area contributed by atoms with Crippen molar-refractivity contribution in [2.45, 2.75) is 26.3 Å². The Morgan fingerprint density at radius 3 is 2.48 bits per heavy atom. The fourth-order valence-electron chi connectivity index (χ4n) is 3.10. The fraction of sp³-hybridized carbons (Fsp3) is 0.261. The van der Waals surface area contributed by atoms with Crippen molar-refractivity contribution in [3.8, 4) is 17.0 Å². The van der Waals surface area contributed by atoms with Gasteiger partial charge in [-0.15, -0.1) is 0 Å². The van der Waals surface area contributed by atoms with Gasteiger partial charge in [-0.1, -0.05) is 43.7 Å². The van der Waals surface area contributed by atoms with Gasteiger partial charge in [0.05, 0.1) is 12.8 Å². The first-order valence-electron chi connectivity index (χ1n) is 9.71. The van der Waals surface area contributed by atoms with Crippen LogP contribution in [0.15, 0.2) is 71.5 Å². The van der Waals surface area contributed by atoms with Crippen LogP contribution in [0.1, 0.15) is 19.8 Å². The van der Waals surface area contributed by atoms with Crippen molar-refractivity contribution in [1.82, 2.24) is 9.78 Å². The first-order valence-corrected chi connectivity index (χ1v) is 9.71. The Balaban J connectivity index is 1.90. The van der Waals surface area contributed by atoms with Crippen LogP contribution in [0, 0.1) is 0 Å². The summed E-state index contributed by atoms with van der Waals surface area (Å²) in [4.78, 5) is 27.1. The van der Waals surface area contributed by atoms with Gasteiger partial charge in [0.2, 0.25) is 5.91 Å². The van der Waals surface area contributed by atoms with E-state index in [0.717, 1.165) is 24.1 Å². The van der Waals surface area contributed by atoms with Crippen molar-refractivity contribution in [3.63, 3.8) is 0 Å². The minimum Gasteiger partial charge on any atom is -0.496 e. The zero-order valence-electron chi connectivity index (χ0n) is 16.7. The number of unbranched alkanes of at least 4 members (excludes halogenated alkanes) is 1. The molecule has 0 unspecified atom stereocenters. The van der Waals surface area contributed by atoms with Gasteiger partial charge in [0, 0.05) is 23.9 Å². The van der Waals surface area contributed by atoms with E-state index in [4.69, 9.17) is 4.74 Å². The second-order valence-corrected chi connectivity index (χ2v) is 6.65. The van der Waals surface area contributed by atoms with E-state index >= 15 is 0 Å². The third-order valence-corrected chi connectivity index (χ3v) is 4.64. The van der Waals surface area contributed by atoms with Gasteiger partial charge in [-0.2, -0.15) is 5.10 Å². The predicted molar refractivity (Wildman–Crippen MR) is 114 cm³/mol. The van der Waals surface area contributed by atoms with Gasteiger partial charge in [-0.3, -0.25) is 9.59 Å². The van der Waals surface area contributed by atoms with E-state index in [1.165, 1.54) is 10.7 Å². The first kappa shape index (κ1) is 20.3. The van der Waals surface area contributed by atoms with Crippen LogP contribution in [-0.2, 0) is 11.3 Å². The topological polar surface area (TPSA) is 64.4 Å². The number of nitrogens with zero attached hydrogens (tertiary/aromatic N) is 3. The number of hydrogen-bond acceptors (Lipinski definition) is 4. The predicted octanol–water partition coefficient (Wildman–Crippen LogP) is 3.75. The summed E-state index contributed by atoms with van der Waals surface area (Å²) in [6, 6.07) is 20.0. The van der Waals surface area contributed by atoms with E-state index in [0.29, 0.717) is 18.0 Å². The van der Waals surface area contributed by atoms with E-state index in [1.54, 1.807) is 18.1 Å². The molecule has 6 nitrogen and oxygen atoms in total. The van der Waals surface area contributed by atoms with Gasteiger partial charge in [-0.05, 0) is 36.8 Å². The maximum absolute atomic E-state index is 13.0. The van der Waals surface area contributed by atoms with Crippen LogP contribution in [0.2, 0.25) is 0 Å². The van der Waals surface area contributed by atoms with Gasteiger partial charge >= 0.3 is 0 Å². The molecular formula is C23H25N3O3. The normalized spacial score (nSPS) is 10.6. The van der Waals surface area contributed by atoms with E-state index in [2.05, 4.69) is 12.0 Å². The maximum atomic E-state index is 13.0. The molecule has 0 spiro atoms. The molecule has 0 bridgehead atoms. The third kappa shape index (κ3) is 4.90. The van der Waals surface area contributed by atoms with Crippen molar-refractivity contribution in [2.75, 3.05) is 18.6 Å². The largest absolute Gasteiger partial charge is 0.496 e. The first-order chi connectivity index (χ1) is 14.1. The van der Waals surface area contributed by atoms with Gasteiger partial charge in [0.25, 0.3) is 5.56 Å². The fourth-order valence-corrected chi connectivity index (χ4v) is 3.10. The summed E-state index contributed by atoms with van der Waals surface area (Å²) < 4.78 is 6.60. The smallest absolute Gasteiger partial charge is 0.267 e. The molecule has 0 saturated carbocycles. The Labute approximate surface area is 170 Å². The average Bonchev–Trinajstić information content (AvgIpc) is 2.76.